The summed E-state index contributed by atoms with van der Waals surface area (Å²) in [5.74, 6) is -0.960. The maximum absolute atomic E-state index is 11.7. The van der Waals surface area contributed by atoms with Gasteiger partial charge >= 0.3 is 12.0 Å². The molecular formula is C12H17N3O3. The minimum atomic E-state index is -0.960. The highest BCUT2D eigenvalue weighted by molar-refractivity contribution is 5.90. The molecule has 0 saturated carbocycles. The molecule has 0 aliphatic heterocycles. The average Bonchev–Trinajstić information content (AvgIpc) is 2.18. The fraction of sp³-hybridized carbons (Fsp3) is 0.417. The van der Waals surface area contributed by atoms with Crippen LogP contribution in [0.5, 0.6) is 0 Å². The van der Waals surface area contributed by atoms with Gasteiger partial charge in [0.25, 0.3) is 0 Å². The van der Waals surface area contributed by atoms with E-state index in [0.29, 0.717) is 5.69 Å². The number of anilines is 1. The molecule has 1 rings (SSSR count). The number of aliphatic carboxylic acids is 1. The van der Waals surface area contributed by atoms with E-state index in [1.54, 1.807) is 32.3 Å². The predicted molar refractivity (Wildman–Crippen MR) is 67.5 cm³/mol. The van der Waals surface area contributed by atoms with Gasteiger partial charge in [0.05, 0.1) is 18.3 Å². The van der Waals surface area contributed by atoms with Gasteiger partial charge in [0.2, 0.25) is 0 Å². The molecule has 0 unspecified atom stereocenters. The molecule has 1 heterocycles. The van der Waals surface area contributed by atoms with Gasteiger partial charge in [-0.2, -0.15) is 0 Å². The minimum Gasteiger partial charge on any atom is -0.481 e. The first-order chi connectivity index (χ1) is 8.30. The Morgan fingerprint density at radius 2 is 2.11 bits per heavy atom. The third-order valence-corrected chi connectivity index (χ3v) is 2.33. The van der Waals surface area contributed by atoms with Crippen LogP contribution in [0.3, 0.4) is 0 Å². The normalized spacial score (nSPS) is 10.8. The Morgan fingerprint density at radius 3 is 2.67 bits per heavy atom. The van der Waals surface area contributed by atoms with Gasteiger partial charge in [-0.25, -0.2) is 4.79 Å². The van der Waals surface area contributed by atoms with Crippen molar-refractivity contribution in [3.8, 4) is 0 Å². The molecule has 0 bridgehead atoms. The molecule has 1 aromatic heterocycles. The smallest absolute Gasteiger partial charge is 0.319 e. The number of aryl methyl sites for hydroxylation is 1. The quantitative estimate of drug-likeness (QED) is 0.760. The maximum Gasteiger partial charge on any atom is 0.319 e. The van der Waals surface area contributed by atoms with E-state index >= 15 is 0 Å². The van der Waals surface area contributed by atoms with E-state index in [0.717, 1.165) is 5.56 Å². The summed E-state index contributed by atoms with van der Waals surface area (Å²) in [6, 6.07) is 1.33. The zero-order chi connectivity index (χ0) is 13.8. The second kappa shape index (κ2) is 5.48. The summed E-state index contributed by atoms with van der Waals surface area (Å²) < 4.78 is 0. The van der Waals surface area contributed by atoms with Gasteiger partial charge in [-0.3, -0.25) is 9.78 Å². The zero-order valence-electron chi connectivity index (χ0n) is 10.7. The number of nitrogens with zero attached hydrogens (tertiary/aromatic N) is 1. The van der Waals surface area contributed by atoms with Crippen LogP contribution < -0.4 is 10.6 Å². The zero-order valence-corrected chi connectivity index (χ0v) is 10.7. The summed E-state index contributed by atoms with van der Waals surface area (Å²) in [6.45, 7) is 5.15. The van der Waals surface area contributed by atoms with Crippen LogP contribution >= 0.6 is 0 Å². The second-order valence-electron chi connectivity index (χ2n) is 4.72. The summed E-state index contributed by atoms with van der Waals surface area (Å²) >= 11 is 0. The average molecular weight is 251 g/mol. The molecule has 6 heteroatoms. The number of amides is 2. The minimum absolute atomic E-state index is 0.146. The Hall–Kier alpha value is -2.11. The van der Waals surface area contributed by atoms with E-state index in [1.807, 2.05) is 6.92 Å². The highest BCUT2D eigenvalue weighted by Crippen LogP contribution is 2.13. The molecule has 0 atom stereocenters. The maximum atomic E-state index is 11.7. The van der Waals surface area contributed by atoms with E-state index in [4.69, 9.17) is 5.11 Å². The molecule has 0 aliphatic carbocycles. The lowest BCUT2D eigenvalue weighted by molar-refractivity contribution is -0.138. The Balaban J connectivity index is 2.62. The number of rotatable bonds is 4. The summed E-state index contributed by atoms with van der Waals surface area (Å²) in [5.41, 5.74) is 0.670. The van der Waals surface area contributed by atoms with Crippen LogP contribution in [-0.4, -0.2) is 27.6 Å². The number of carbonyl (C=O) groups is 2. The number of hydrogen-bond donors (Lipinski definition) is 3. The molecule has 18 heavy (non-hydrogen) atoms. The van der Waals surface area contributed by atoms with E-state index < -0.39 is 17.5 Å². The standard InChI is InChI=1S/C12H17N3O3/c1-8-4-5-13-7-9(8)14-11(18)15-12(2,3)6-10(16)17/h4-5,7H,6H2,1-3H3,(H,16,17)(H2,14,15,18). The predicted octanol–water partition coefficient (Wildman–Crippen LogP) is 1.76. The van der Waals surface area contributed by atoms with Gasteiger partial charge in [0.1, 0.15) is 0 Å². The fourth-order valence-corrected chi connectivity index (χ4v) is 1.48. The third-order valence-electron chi connectivity index (χ3n) is 2.33. The van der Waals surface area contributed by atoms with Crippen LogP contribution in [0.15, 0.2) is 18.5 Å². The lowest BCUT2D eigenvalue weighted by atomic mass is 10.0. The summed E-state index contributed by atoms with van der Waals surface area (Å²) in [5, 5.41) is 14.0. The largest absolute Gasteiger partial charge is 0.481 e. The summed E-state index contributed by atoms with van der Waals surface area (Å²) in [6.07, 6.45) is 3.03. The number of nitrogens with one attached hydrogen (secondary N) is 2. The Morgan fingerprint density at radius 1 is 1.44 bits per heavy atom. The molecule has 98 valence electrons. The molecule has 1 aromatic rings. The topological polar surface area (TPSA) is 91.3 Å². The van der Waals surface area contributed by atoms with Gasteiger partial charge in [-0.05, 0) is 32.4 Å². The van der Waals surface area contributed by atoms with Crippen molar-refractivity contribution in [2.24, 2.45) is 0 Å². The van der Waals surface area contributed by atoms with Gasteiger partial charge in [0.15, 0.2) is 0 Å². The van der Waals surface area contributed by atoms with Crippen LogP contribution in [-0.2, 0) is 4.79 Å². The first-order valence-corrected chi connectivity index (χ1v) is 5.52. The SMILES string of the molecule is Cc1ccncc1NC(=O)NC(C)(C)CC(=O)O. The lowest BCUT2D eigenvalue weighted by Gasteiger charge is -2.24. The number of carbonyl (C=O) groups excluding carboxylic acids is 1. The van der Waals surface area contributed by atoms with Gasteiger partial charge in [-0.1, -0.05) is 0 Å². The number of pyridine rings is 1. The Bertz CT molecular complexity index is 458. The van der Waals surface area contributed by atoms with E-state index in [9.17, 15) is 9.59 Å². The number of carboxylic acid groups (broad SMARTS) is 1. The van der Waals surface area contributed by atoms with Crippen molar-refractivity contribution in [1.29, 1.82) is 0 Å². The summed E-state index contributed by atoms with van der Waals surface area (Å²) in [4.78, 5) is 26.3. The van der Waals surface area contributed by atoms with E-state index in [-0.39, 0.29) is 6.42 Å². The van der Waals surface area contributed by atoms with Crippen molar-refractivity contribution in [1.82, 2.24) is 10.3 Å². The molecule has 0 fully saturated rings. The van der Waals surface area contributed by atoms with Crippen LogP contribution in [0.4, 0.5) is 10.5 Å². The molecule has 2 amide bonds. The first kappa shape index (κ1) is 14.0. The van der Waals surface area contributed by atoms with Crippen LogP contribution in [0, 0.1) is 6.92 Å². The number of aromatic nitrogens is 1. The third kappa shape index (κ3) is 4.40. The van der Waals surface area contributed by atoms with Crippen molar-refractivity contribution in [2.75, 3.05) is 5.32 Å². The monoisotopic (exact) mass is 251 g/mol. The molecule has 0 aromatic carbocycles. The van der Waals surface area contributed by atoms with Crippen LogP contribution in [0.25, 0.3) is 0 Å². The Kier molecular flexibility index (Phi) is 4.25. The van der Waals surface area contributed by atoms with Crippen LogP contribution in [0.2, 0.25) is 0 Å². The molecule has 0 saturated heterocycles. The lowest BCUT2D eigenvalue weighted by Crippen LogP contribution is -2.46. The second-order valence-corrected chi connectivity index (χ2v) is 4.72. The van der Waals surface area contributed by atoms with Crippen molar-refractivity contribution >= 4 is 17.7 Å². The molecule has 3 N–H and O–H groups in total. The highest BCUT2D eigenvalue weighted by Gasteiger charge is 2.23. The summed E-state index contributed by atoms with van der Waals surface area (Å²) in [7, 11) is 0. The Labute approximate surface area is 105 Å². The molecule has 0 aliphatic rings. The van der Waals surface area contributed by atoms with Crippen LogP contribution in [0.1, 0.15) is 25.8 Å². The van der Waals surface area contributed by atoms with E-state index in [2.05, 4.69) is 15.6 Å². The van der Waals surface area contributed by atoms with Crippen molar-refractivity contribution in [3.63, 3.8) is 0 Å². The van der Waals surface area contributed by atoms with Gasteiger partial charge in [0, 0.05) is 11.7 Å². The first-order valence-electron chi connectivity index (χ1n) is 5.52. The van der Waals surface area contributed by atoms with Gasteiger partial charge in [-0.15, -0.1) is 0 Å². The molecule has 6 nitrogen and oxygen atoms in total. The van der Waals surface area contributed by atoms with Crippen molar-refractivity contribution in [2.45, 2.75) is 32.7 Å². The van der Waals surface area contributed by atoms with Gasteiger partial charge < -0.3 is 15.7 Å². The molecular weight excluding hydrogens is 234 g/mol. The fourth-order valence-electron chi connectivity index (χ4n) is 1.48. The highest BCUT2D eigenvalue weighted by atomic mass is 16.4. The number of carboxylic acids is 1. The van der Waals surface area contributed by atoms with Crippen molar-refractivity contribution in [3.05, 3.63) is 24.0 Å². The van der Waals surface area contributed by atoms with E-state index in [1.165, 1.54) is 0 Å². The number of hydrogen-bond acceptors (Lipinski definition) is 3. The number of urea groups is 1. The molecule has 0 radical (unpaired) electrons. The molecule has 0 spiro atoms. The van der Waals surface area contributed by atoms with Crippen molar-refractivity contribution < 1.29 is 14.7 Å².